The van der Waals surface area contributed by atoms with Crippen molar-refractivity contribution in [2.24, 2.45) is 0 Å². The molecule has 3 N–H and O–H groups in total. The molecule has 0 aliphatic carbocycles. The second-order valence-electron chi connectivity index (χ2n) is 15.8. The molecule has 0 aromatic heterocycles. The van der Waals surface area contributed by atoms with Gasteiger partial charge in [-0.1, -0.05) is 210 Å². The van der Waals surface area contributed by atoms with Gasteiger partial charge in [0.15, 0.2) is 0 Å². The molecule has 0 fully saturated rings. The first-order valence-electron chi connectivity index (χ1n) is 23.4. The Labute approximate surface area is 331 Å². The molecule has 0 aromatic carbocycles. The average Bonchev–Trinajstić information content (AvgIpc) is 3.16. The minimum absolute atomic E-state index is 0.0778. The molecule has 0 spiro atoms. The molecule has 1 amide bonds. The van der Waals surface area contributed by atoms with Crippen LogP contribution in [0, 0.1) is 0 Å². The summed E-state index contributed by atoms with van der Waals surface area (Å²) in [6, 6.07) is -0.645. The van der Waals surface area contributed by atoms with Crippen LogP contribution in [0.3, 0.4) is 0 Å². The van der Waals surface area contributed by atoms with Gasteiger partial charge in [0, 0.05) is 6.42 Å². The standard InChI is InChI=1S/C49H91NO3/c1-3-5-7-9-11-13-15-17-19-21-22-23-24-25-26-27-28-29-31-33-35-37-39-41-43-45-49(53)50-47(46-51)48(52)44-42-40-38-36-34-32-30-20-18-16-14-12-10-8-6-4-2/h18,20-22,34,36,42,44,47-48,51-52H,3-17,19,23-33,35,37-41,43,45-46H2,1-2H3,(H,50,53)/b20-18+,22-21-,36-34+,44-42+. The summed E-state index contributed by atoms with van der Waals surface area (Å²) in [5, 5.41) is 23.0. The predicted octanol–water partition coefficient (Wildman–Crippen LogP) is 14.7. The molecule has 0 saturated carbocycles. The number of carbonyl (C=O) groups excluding carboxylic acids is 1. The number of carbonyl (C=O) groups is 1. The van der Waals surface area contributed by atoms with E-state index in [2.05, 4.69) is 55.6 Å². The normalized spacial score (nSPS) is 13.4. The SMILES string of the molecule is CCCCCCCC/C=C/CC/C=C/CC/C=C/C(O)C(CO)NC(=O)CCCCCCCCCCCCCCC/C=C\CCCCCCCCCC. The van der Waals surface area contributed by atoms with E-state index >= 15 is 0 Å². The number of allylic oxidation sites excluding steroid dienone is 7. The van der Waals surface area contributed by atoms with Crippen molar-refractivity contribution in [3.63, 3.8) is 0 Å². The molecule has 0 aliphatic rings. The largest absolute Gasteiger partial charge is 0.394 e. The van der Waals surface area contributed by atoms with Crippen LogP contribution in [-0.4, -0.2) is 34.9 Å². The quantitative estimate of drug-likeness (QED) is 0.0431. The Balaban J connectivity index is 3.57. The van der Waals surface area contributed by atoms with Gasteiger partial charge in [0.05, 0.1) is 18.8 Å². The lowest BCUT2D eigenvalue weighted by Crippen LogP contribution is -2.45. The molecular weight excluding hydrogens is 651 g/mol. The molecule has 4 nitrogen and oxygen atoms in total. The number of amides is 1. The van der Waals surface area contributed by atoms with Crippen molar-refractivity contribution in [1.82, 2.24) is 5.32 Å². The van der Waals surface area contributed by atoms with Crippen molar-refractivity contribution in [3.05, 3.63) is 48.6 Å². The third-order valence-electron chi connectivity index (χ3n) is 10.5. The van der Waals surface area contributed by atoms with E-state index in [0.29, 0.717) is 6.42 Å². The Morgan fingerprint density at radius 3 is 1.09 bits per heavy atom. The van der Waals surface area contributed by atoms with E-state index in [4.69, 9.17) is 0 Å². The topological polar surface area (TPSA) is 69.6 Å². The first-order valence-corrected chi connectivity index (χ1v) is 23.4. The Hall–Kier alpha value is -1.65. The minimum Gasteiger partial charge on any atom is -0.394 e. The van der Waals surface area contributed by atoms with Crippen LogP contribution in [0.5, 0.6) is 0 Å². The van der Waals surface area contributed by atoms with E-state index in [9.17, 15) is 15.0 Å². The molecule has 0 rings (SSSR count). The van der Waals surface area contributed by atoms with Crippen LogP contribution in [0.25, 0.3) is 0 Å². The number of aliphatic hydroxyl groups is 2. The highest BCUT2D eigenvalue weighted by Crippen LogP contribution is 2.15. The van der Waals surface area contributed by atoms with Crippen LogP contribution < -0.4 is 5.32 Å². The van der Waals surface area contributed by atoms with Crippen LogP contribution in [0.2, 0.25) is 0 Å². The molecule has 2 unspecified atom stereocenters. The summed E-state index contributed by atoms with van der Waals surface area (Å²) in [7, 11) is 0. The van der Waals surface area contributed by atoms with Gasteiger partial charge in [0.25, 0.3) is 0 Å². The molecule has 0 bridgehead atoms. The number of hydrogen-bond donors (Lipinski definition) is 3. The number of unbranched alkanes of at least 4 members (excludes halogenated alkanes) is 29. The van der Waals surface area contributed by atoms with Crippen LogP contribution in [0.4, 0.5) is 0 Å². The second-order valence-corrected chi connectivity index (χ2v) is 15.8. The molecule has 0 aliphatic heterocycles. The molecule has 0 heterocycles. The summed E-state index contributed by atoms with van der Waals surface area (Å²) in [5.41, 5.74) is 0. The first kappa shape index (κ1) is 51.4. The van der Waals surface area contributed by atoms with Crippen LogP contribution >= 0.6 is 0 Å². The molecule has 310 valence electrons. The maximum absolute atomic E-state index is 12.4. The number of aliphatic hydroxyl groups excluding tert-OH is 2. The summed E-state index contributed by atoms with van der Waals surface area (Å²) in [5.74, 6) is -0.0778. The molecular formula is C49H91NO3. The van der Waals surface area contributed by atoms with Gasteiger partial charge in [-0.3, -0.25) is 4.79 Å². The molecule has 0 radical (unpaired) electrons. The monoisotopic (exact) mass is 742 g/mol. The lowest BCUT2D eigenvalue weighted by Gasteiger charge is -2.19. The third-order valence-corrected chi connectivity index (χ3v) is 10.5. The average molecular weight is 742 g/mol. The highest BCUT2D eigenvalue weighted by molar-refractivity contribution is 5.76. The fraction of sp³-hybridized carbons (Fsp3) is 0.816. The number of nitrogens with one attached hydrogen (secondary N) is 1. The van der Waals surface area contributed by atoms with Gasteiger partial charge >= 0.3 is 0 Å². The molecule has 0 aromatic rings. The summed E-state index contributed by atoms with van der Waals surface area (Å²) in [4.78, 5) is 12.4. The van der Waals surface area contributed by atoms with Gasteiger partial charge in [-0.05, 0) is 70.6 Å². The first-order chi connectivity index (χ1) is 26.2. The summed E-state index contributed by atoms with van der Waals surface area (Å²) >= 11 is 0. The highest BCUT2D eigenvalue weighted by Gasteiger charge is 2.17. The van der Waals surface area contributed by atoms with Crippen LogP contribution in [0.15, 0.2) is 48.6 Å². The van der Waals surface area contributed by atoms with Gasteiger partial charge in [0.1, 0.15) is 0 Å². The van der Waals surface area contributed by atoms with Crippen molar-refractivity contribution in [1.29, 1.82) is 0 Å². The summed E-state index contributed by atoms with van der Waals surface area (Å²) in [6.45, 7) is 4.29. The predicted molar refractivity (Wildman–Crippen MR) is 235 cm³/mol. The third kappa shape index (κ3) is 41.4. The number of rotatable bonds is 42. The van der Waals surface area contributed by atoms with Gasteiger partial charge in [-0.2, -0.15) is 0 Å². The Bertz CT molecular complexity index is 847. The summed E-state index contributed by atoms with van der Waals surface area (Å²) in [6.07, 6.45) is 60.9. The van der Waals surface area contributed by atoms with Crippen molar-refractivity contribution in [2.45, 2.75) is 251 Å². The minimum atomic E-state index is -0.869. The van der Waals surface area contributed by atoms with E-state index < -0.39 is 12.1 Å². The van der Waals surface area contributed by atoms with Gasteiger partial charge in [-0.15, -0.1) is 0 Å². The van der Waals surface area contributed by atoms with E-state index in [-0.39, 0.29) is 12.5 Å². The molecule has 4 heteroatoms. The van der Waals surface area contributed by atoms with Crippen molar-refractivity contribution in [2.75, 3.05) is 6.61 Å². The van der Waals surface area contributed by atoms with Crippen molar-refractivity contribution in [3.8, 4) is 0 Å². The Morgan fingerprint density at radius 2 is 0.736 bits per heavy atom. The zero-order valence-corrected chi connectivity index (χ0v) is 35.5. The van der Waals surface area contributed by atoms with Gasteiger partial charge in [0.2, 0.25) is 5.91 Å². The maximum atomic E-state index is 12.4. The van der Waals surface area contributed by atoms with E-state index in [1.807, 2.05) is 6.08 Å². The highest BCUT2D eigenvalue weighted by atomic mass is 16.3. The fourth-order valence-electron chi connectivity index (χ4n) is 6.91. The smallest absolute Gasteiger partial charge is 0.220 e. The zero-order chi connectivity index (χ0) is 38.6. The van der Waals surface area contributed by atoms with Crippen molar-refractivity contribution < 1.29 is 15.0 Å². The summed E-state index contributed by atoms with van der Waals surface area (Å²) < 4.78 is 0. The van der Waals surface area contributed by atoms with Crippen molar-refractivity contribution >= 4 is 5.91 Å². The van der Waals surface area contributed by atoms with Crippen LogP contribution in [-0.2, 0) is 4.79 Å². The maximum Gasteiger partial charge on any atom is 0.220 e. The van der Waals surface area contributed by atoms with Crippen LogP contribution in [0.1, 0.15) is 239 Å². The van der Waals surface area contributed by atoms with E-state index in [1.54, 1.807) is 6.08 Å². The molecule has 53 heavy (non-hydrogen) atoms. The lowest BCUT2D eigenvalue weighted by atomic mass is 10.0. The van der Waals surface area contributed by atoms with E-state index in [0.717, 1.165) is 38.5 Å². The second kappa shape index (κ2) is 44.7. The Kier molecular flexibility index (Phi) is 43.4. The number of hydrogen-bond acceptors (Lipinski definition) is 3. The zero-order valence-electron chi connectivity index (χ0n) is 35.5. The van der Waals surface area contributed by atoms with Gasteiger partial charge < -0.3 is 15.5 Å². The lowest BCUT2D eigenvalue weighted by molar-refractivity contribution is -0.123. The van der Waals surface area contributed by atoms with Gasteiger partial charge in [-0.25, -0.2) is 0 Å². The molecule has 0 saturated heterocycles. The van der Waals surface area contributed by atoms with E-state index in [1.165, 1.54) is 180 Å². The molecule has 2 atom stereocenters. The fourth-order valence-corrected chi connectivity index (χ4v) is 6.91. The Morgan fingerprint density at radius 1 is 0.434 bits per heavy atom.